The molecule has 64 valence electrons. The lowest BCUT2D eigenvalue weighted by Gasteiger charge is -2.38. The molecule has 0 radical (unpaired) electrons. The summed E-state index contributed by atoms with van der Waals surface area (Å²) in [5.74, 6) is 1.02. The maximum Gasteiger partial charge on any atom is 0.0595 e. The third-order valence-corrected chi connectivity index (χ3v) is 4.08. The highest BCUT2D eigenvalue weighted by molar-refractivity contribution is 14.1. The normalized spacial score (nSPS) is 45.0. The van der Waals surface area contributed by atoms with Gasteiger partial charge >= 0.3 is 0 Å². The van der Waals surface area contributed by atoms with Crippen molar-refractivity contribution in [2.75, 3.05) is 0 Å². The molecule has 2 aliphatic rings. The van der Waals surface area contributed by atoms with Gasteiger partial charge in [-0.25, -0.2) is 0 Å². The molecule has 1 nitrogen and oxygen atoms in total. The molecule has 0 amide bonds. The van der Waals surface area contributed by atoms with Crippen molar-refractivity contribution >= 4 is 22.6 Å². The molecule has 3 unspecified atom stereocenters. The minimum absolute atomic E-state index is 0.756. The van der Waals surface area contributed by atoms with E-state index in [1.54, 1.807) is 0 Å². The molecule has 1 heterocycles. The predicted molar refractivity (Wildman–Crippen MR) is 55.9 cm³/mol. The van der Waals surface area contributed by atoms with Crippen LogP contribution in [0.15, 0.2) is 0 Å². The topological polar surface area (TPSA) is 12.0 Å². The van der Waals surface area contributed by atoms with Crippen LogP contribution in [0, 0.1) is 5.92 Å². The van der Waals surface area contributed by atoms with Crippen LogP contribution in [-0.2, 0) is 0 Å². The molecule has 0 aromatic rings. The van der Waals surface area contributed by atoms with E-state index >= 15 is 0 Å². The molecule has 1 saturated heterocycles. The second-order valence-electron chi connectivity index (χ2n) is 3.86. The number of alkyl halides is 1. The Labute approximate surface area is 82.5 Å². The molecule has 0 spiro atoms. The molecule has 2 fully saturated rings. The van der Waals surface area contributed by atoms with E-state index < -0.39 is 0 Å². The van der Waals surface area contributed by atoms with Gasteiger partial charge in [-0.15, -0.1) is 0 Å². The van der Waals surface area contributed by atoms with Gasteiger partial charge in [-0.05, 0) is 31.6 Å². The summed E-state index contributed by atoms with van der Waals surface area (Å²) in [5, 5.41) is 3.70. The fourth-order valence-corrected chi connectivity index (χ4v) is 3.27. The van der Waals surface area contributed by atoms with Crippen molar-refractivity contribution < 1.29 is 0 Å². The summed E-state index contributed by atoms with van der Waals surface area (Å²) in [6.07, 6.45) is 8.73. The molecule has 0 aromatic carbocycles. The van der Waals surface area contributed by atoms with E-state index in [1.165, 1.54) is 38.5 Å². The Bertz CT molecular complexity index is 138. The quantitative estimate of drug-likeness (QED) is 0.403. The summed E-state index contributed by atoms with van der Waals surface area (Å²) in [6, 6.07) is 0.874. The molecule has 3 atom stereocenters. The van der Waals surface area contributed by atoms with Crippen LogP contribution >= 0.6 is 22.6 Å². The molecular formula is C9H16IN. The highest BCUT2D eigenvalue weighted by atomic mass is 127. The van der Waals surface area contributed by atoms with Crippen molar-refractivity contribution in [3.63, 3.8) is 0 Å². The zero-order valence-corrected chi connectivity index (χ0v) is 9.01. The lowest BCUT2D eigenvalue weighted by Crippen LogP contribution is -2.46. The first-order valence-corrected chi connectivity index (χ1v) is 6.01. The molecular weight excluding hydrogens is 249 g/mol. The summed E-state index contributed by atoms with van der Waals surface area (Å²) in [4.78, 5) is 0. The van der Waals surface area contributed by atoms with Gasteiger partial charge in [-0.2, -0.15) is 0 Å². The van der Waals surface area contributed by atoms with E-state index in [-0.39, 0.29) is 0 Å². The molecule has 1 saturated carbocycles. The molecule has 2 heteroatoms. The Morgan fingerprint density at radius 1 is 1.00 bits per heavy atom. The van der Waals surface area contributed by atoms with Crippen molar-refractivity contribution in [1.29, 1.82) is 0 Å². The number of rotatable bonds is 0. The molecule has 0 aromatic heterocycles. The number of halogens is 1. The van der Waals surface area contributed by atoms with E-state index in [0.717, 1.165) is 16.0 Å². The SMILES string of the molecule is IC1CCC2CCCCC2N1. The van der Waals surface area contributed by atoms with Gasteiger partial charge in [0.1, 0.15) is 0 Å². The molecule has 1 aliphatic heterocycles. The standard InChI is InChI=1S/C9H16IN/c10-9-6-5-7-3-1-2-4-8(7)11-9/h7-9,11H,1-6H2. The van der Waals surface area contributed by atoms with E-state index in [2.05, 4.69) is 27.9 Å². The Morgan fingerprint density at radius 2 is 1.82 bits per heavy atom. The largest absolute Gasteiger partial charge is 0.302 e. The van der Waals surface area contributed by atoms with Crippen LogP contribution < -0.4 is 5.32 Å². The summed E-state index contributed by atoms with van der Waals surface area (Å²) in [5.41, 5.74) is 0. The smallest absolute Gasteiger partial charge is 0.0595 e. The Hall–Kier alpha value is 0.690. The first kappa shape index (κ1) is 8.30. The van der Waals surface area contributed by atoms with Gasteiger partial charge < -0.3 is 5.32 Å². The minimum Gasteiger partial charge on any atom is -0.302 e. The van der Waals surface area contributed by atoms with Gasteiger partial charge in [0, 0.05) is 6.04 Å². The molecule has 2 rings (SSSR count). The van der Waals surface area contributed by atoms with Gasteiger partial charge in [-0.3, -0.25) is 0 Å². The Kier molecular flexibility index (Phi) is 2.72. The van der Waals surface area contributed by atoms with Crippen LogP contribution in [0.25, 0.3) is 0 Å². The van der Waals surface area contributed by atoms with Crippen LogP contribution in [-0.4, -0.2) is 10.1 Å². The van der Waals surface area contributed by atoms with Crippen LogP contribution in [0.1, 0.15) is 38.5 Å². The second-order valence-corrected chi connectivity index (χ2v) is 5.37. The summed E-state index contributed by atoms with van der Waals surface area (Å²) in [7, 11) is 0. The van der Waals surface area contributed by atoms with Gasteiger partial charge in [0.15, 0.2) is 0 Å². The first-order valence-electron chi connectivity index (χ1n) is 4.76. The van der Waals surface area contributed by atoms with Crippen LogP contribution in [0.3, 0.4) is 0 Å². The number of nitrogens with one attached hydrogen (secondary N) is 1. The zero-order chi connectivity index (χ0) is 7.68. The maximum absolute atomic E-state index is 3.70. The average molecular weight is 265 g/mol. The summed E-state index contributed by atoms with van der Waals surface area (Å²) < 4.78 is 0.756. The number of fused-ring (bicyclic) bond motifs is 1. The van der Waals surface area contributed by atoms with Crippen molar-refractivity contribution in [3.8, 4) is 0 Å². The molecule has 0 bridgehead atoms. The minimum atomic E-state index is 0.756. The van der Waals surface area contributed by atoms with Crippen LogP contribution in [0.5, 0.6) is 0 Å². The third kappa shape index (κ3) is 1.89. The van der Waals surface area contributed by atoms with Gasteiger partial charge in [0.2, 0.25) is 0 Å². The summed E-state index contributed by atoms with van der Waals surface area (Å²) in [6.45, 7) is 0. The zero-order valence-electron chi connectivity index (χ0n) is 6.85. The van der Waals surface area contributed by atoms with E-state index in [1.807, 2.05) is 0 Å². The lowest BCUT2D eigenvalue weighted by atomic mass is 9.80. The van der Waals surface area contributed by atoms with Crippen LogP contribution in [0.2, 0.25) is 0 Å². The van der Waals surface area contributed by atoms with E-state index in [0.29, 0.717) is 0 Å². The van der Waals surface area contributed by atoms with Gasteiger partial charge in [0.05, 0.1) is 4.05 Å². The molecule has 1 aliphatic carbocycles. The fourth-order valence-electron chi connectivity index (χ4n) is 2.45. The fraction of sp³-hybridized carbons (Fsp3) is 1.00. The van der Waals surface area contributed by atoms with Crippen molar-refractivity contribution in [2.45, 2.75) is 48.6 Å². The monoisotopic (exact) mass is 265 g/mol. The Balaban J connectivity index is 1.93. The van der Waals surface area contributed by atoms with Crippen molar-refractivity contribution in [1.82, 2.24) is 5.32 Å². The van der Waals surface area contributed by atoms with E-state index in [4.69, 9.17) is 0 Å². The molecule has 1 N–H and O–H groups in total. The lowest BCUT2D eigenvalue weighted by molar-refractivity contribution is 0.207. The predicted octanol–water partition coefficient (Wildman–Crippen LogP) is 2.69. The van der Waals surface area contributed by atoms with Crippen molar-refractivity contribution in [2.24, 2.45) is 5.92 Å². The average Bonchev–Trinajstić information content (AvgIpc) is 2.04. The number of piperidine rings is 1. The highest BCUT2D eigenvalue weighted by Gasteiger charge is 2.30. The summed E-state index contributed by atoms with van der Waals surface area (Å²) >= 11 is 2.53. The number of hydrogen-bond donors (Lipinski definition) is 1. The maximum atomic E-state index is 3.70. The first-order chi connectivity index (χ1) is 5.36. The second kappa shape index (κ2) is 3.60. The Morgan fingerprint density at radius 3 is 2.73 bits per heavy atom. The van der Waals surface area contributed by atoms with E-state index in [9.17, 15) is 0 Å². The van der Waals surface area contributed by atoms with Gasteiger partial charge in [-0.1, -0.05) is 35.4 Å². The molecule has 11 heavy (non-hydrogen) atoms. The third-order valence-electron chi connectivity index (χ3n) is 3.09. The van der Waals surface area contributed by atoms with Crippen molar-refractivity contribution in [3.05, 3.63) is 0 Å². The van der Waals surface area contributed by atoms with Crippen LogP contribution in [0.4, 0.5) is 0 Å². The highest BCUT2D eigenvalue weighted by Crippen LogP contribution is 2.33. The number of hydrogen-bond acceptors (Lipinski definition) is 1. The van der Waals surface area contributed by atoms with Gasteiger partial charge in [0.25, 0.3) is 0 Å².